The van der Waals surface area contributed by atoms with Crippen LogP contribution in [0.5, 0.6) is 0 Å². The molecule has 82 valence electrons. The van der Waals surface area contributed by atoms with Crippen LogP contribution in [0.4, 0.5) is 4.79 Å². The molecule has 1 aromatic carbocycles. The van der Waals surface area contributed by atoms with Gasteiger partial charge in [-0.2, -0.15) is 0 Å². The third-order valence-corrected chi connectivity index (χ3v) is 2.48. The Labute approximate surface area is 94.6 Å². The van der Waals surface area contributed by atoms with Crippen molar-refractivity contribution in [1.82, 2.24) is 4.90 Å². The van der Waals surface area contributed by atoms with E-state index in [1.165, 1.54) is 7.11 Å². The van der Waals surface area contributed by atoms with Crippen molar-refractivity contribution in [3.63, 3.8) is 0 Å². The normalized spacial score (nSPS) is 18.6. The first-order valence-electron chi connectivity index (χ1n) is 5.09. The topological polar surface area (TPSA) is 29.5 Å². The lowest BCUT2D eigenvalue weighted by Crippen LogP contribution is -2.30. The second-order valence-corrected chi connectivity index (χ2v) is 3.46. The number of nitrogens with zero attached hydrogens (tertiary/aromatic N) is 1. The summed E-state index contributed by atoms with van der Waals surface area (Å²) in [4.78, 5) is 13.1. The Morgan fingerprint density at radius 3 is 2.69 bits per heavy atom. The summed E-state index contributed by atoms with van der Waals surface area (Å²) in [5, 5.41) is 0. The lowest BCUT2D eigenvalue weighted by atomic mass is 10.0. The van der Waals surface area contributed by atoms with Crippen LogP contribution in [0.25, 0.3) is 0 Å². The Morgan fingerprint density at radius 1 is 1.25 bits per heavy atom. The van der Waals surface area contributed by atoms with Crippen molar-refractivity contribution >= 4 is 6.09 Å². The van der Waals surface area contributed by atoms with Gasteiger partial charge in [-0.1, -0.05) is 42.5 Å². The summed E-state index contributed by atoms with van der Waals surface area (Å²) in [7, 11) is 1.39. The summed E-state index contributed by atoms with van der Waals surface area (Å²) < 4.78 is 4.74. The molecule has 1 atom stereocenters. The molecule has 0 radical (unpaired) electrons. The molecule has 1 aliphatic heterocycles. The van der Waals surface area contributed by atoms with Gasteiger partial charge in [0.25, 0.3) is 0 Å². The van der Waals surface area contributed by atoms with E-state index in [1.807, 2.05) is 48.6 Å². The number of ether oxygens (including phenoxy) is 1. The minimum absolute atomic E-state index is 0.0846. The van der Waals surface area contributed by atoms with Crippen LogP contribution < -0.4 is 0 Å². The van der Waals surface area contributed by atoms with Crippen LogP contribution in [0, 0.1) is 0 Å². The molecule has 0 aromatic heterocycles. The highest BCUT2D eigenvalue weighted by Gasteiger charge is 2.22. The van der Waals surface area contributed by atoms with Crippen LogP contribution in [0.2, 0.25) is 0 Å². The summed E-state index contributed by atoms with van der Waals surface area (Å²) >= 11 is 0. The van der Waals surface area contributed by atoms with Crippen molar-refractivity contribution in [2.45, 2.75) is 6.04 Å². The van der Waals surface area contributed by atoms with E-state index in [4.69, 9.17) is 4.74 Å². The Morgan fingerprint density at radius 2 is 2.00 bits per heavy atom. The third-order valence-electron chi connectivity index (χ3n) is 2.48. The first-order chi connectivity index (χ1) is 7.83. The van der Waals surface area contributed by atoms with E-state index < -0.39 is 0 Å². The number of hydrogen-bond donors (Lipinski definition) is 0. The zero-order valence-electron chi connectivity index (χ0n) is 9.04. The van der Waals surface area contributed by atoms with Gasteiger partial charge < -0.3 is 4.74 Å². The van der Waals surface area contributed by atoms with Gasteiger partial charge in [-0.05, 0) is 11.6 Å². The number of hydrogen-bond acceptors (Lipinski definition) is 2. The zero-order chi connectivity index (χ0) is 11.4. The molecule has 0 saturated carbocycles. The number of methoxy groups -OCH3 is 1. The molecule has 1 aliphatic rings. The number of benzene rings is 1. The molecule has 0 saturated heterocycles. The second kappa shape index (κ2) is 4.66. The van der Waals surface area contributed by atoms with E-state index in [1.54, 1.807) is 11.1 Å². The van der Waals surface area contributed by atoms with Gasteiger partial charge in [-0.3, -0.25) is 4.90 Å². The monoisotopic (exact) mass is 215 g/mol. The van der Waals surface area contributed by atoms with Crippen LogP contribution in [-0.2, 0) is 4.74 Å². The first kappa shape index (κ1) is 10.5. The number of amides is 1. The lowest BCUT2D eigenvalue weighted by Gasteiger charge is -2.27. The van der Waals surface area contributed by atoms with E-state index in [0.29, 0.717) is 0 Å². The molecular weight excluding hydrogens is 202 g/mol. The minimum Gasteiger partial charge on any atom is -0.452 e. The molecule has 2 rings (SSSR count). The second-order valence-electron chi connectivity index (χ2n) is 3.46. The molecule has 1 amide bonds. The number of carbonyl (C=O) groups is 1. The van der Waals surface area contributed by atoms with Crippen molar-refractivity contribution in [1.29, 1.82) is 0 Å². The maximum atomic E-state index is 11.6. The SMILES string of the molecule is COC(=O)N1C=CC=C[C@H]1c1ccccc1. The number of rotatable bonds is 1. The maximum absolute atomic E-state index is 11.6. The molecular formula is C13H13NO2. The highest BCUT2D eigenvalue weighted by atomic mass is 16.5. The summed E-state index contributed by atoms with van der Waals surface area (Å²) in [6, 6.07) is 9.76. The van der Waals surface area contributed by atoms with Gasteiger partial charge in [-0.25, -0.2) is 4.79 Å². The molecule has 3 nitrogen and oxygen atoms in total. The lowest BCUT2D eigenvalue weighted by molar-refractivity contribution is 0.132. The first-order valence-corrected chi connectivity index (χ1v) is 5.09. The number of allylic oxidation sites excluding steroid dienone is 2. The quantitative estimate of drug-likeness (QED) is 0.720. The van der Waals surface area contributed by atoms with Crippen molar-refractivity contribution in [2.75, 3.05) is 7.11 Å². The molecule has 0 aliphatic carbocycles. The van der Waals surface area contributed by atoms with Crippen LogP contribution in [-0.4, -0.2) is 18.1 Å². The molecule has 0 spiro atoms. The van der Waals surface area contributed by atoms with Gasteiger partial charge in [0.2, 0.25) is 0 Å². The van der Waals surface area contributed by atoms with E-state index in [2.05, 4.69) is 0 Å². The van der Waals surface area contributed by atoms with Crippen LogP contribution in [0.15, 0.2) is 54.8 Å². The highest BCUT2D eigenvalue weighted by Crippen LogP contribution is 2.25. The Balaban J connectivity index is 2.29. The molecule has 16 heavy (non-hydrogen) atoms. The molecule has 1 aromatic rings. The average Bonchev–Trinajstić information content (AvgIpc) is 2.39. The average molecular weight is 215 g/mol. The van der Waals surface area contributed by atoms with Crippen molar-refractivity contribution in [3.8, 4) is 0 Å². The molecule has 1 heterocycles. The largest absolute Gasteiger partial charge is 0.452 e. The fraction of sp³-hybridized carbons (Fsp3) is 0.154. The van der Waals surface area contributed by atoms with E-state index >= 15 is 0 Å². The summed E-state index contributed by atoms with van der Waals surface area (Å²) in [6.45, 7) is 0. The zero-order valence-corrected chi connectivity index (χ0v) is 9.04. The molecule has 0 unspecified atom stereocenters. The van der Waals surface area contributed by atoms with Crippen LogP contribution in [0.3, 0.4) is 0 Å². The Bertz CT molecular complexity index is 423. The molecule has 0 fully saturated rings. The summed E-state index contributed by atoms with van der Waals surface area (Å²) in [5.41, 5.74) is 1.06. The fourth-order valence-corrected chi connectivity index (χ4v) is 1.70. The van der Waals surface area contributed by atoms with Crippen LogP contribution in [0.1, 0.15) is 11.6 Å². The van der Waals surface area contributed by atoms with Gasteiger partial charge >= 0.3 is 6.09 Å². The summed E-state index contributed by atoms with van der Waals surface area (Å²) in [6.07, 6.45) is 7.08. The smallest absolute Gasteiger partial charge is 0.414 e. The standard InChI is InChI=1S/C13H13NO2/c1-16-13(15)14-10-6-5-9-12(14)11-7-3-2-4-8-11/h2-10,12H,1H3/t12-/m0/s1. The minimum atomic E-state index is -0.352. The molecule has 0 bridgehead atoms. The van der Waals surface area contributed by atoms with Gasteiger partial charge in [0.05, 0.1) is 13.2 Å². The van der Waals surface area contributed by atoms with Gasteiger partial charge in [-0.15, -0.1) is 0 Å². The number of carbonyl (C=O) groups excluding carboxylic acids is 1. The molecule has 3 heteroatoms. The van der Waals surface area contributed by atoms with E-state index in [-0.39, 0.29) is 12.1 Å². The Kier molecular flexibility index (Phi) is 3.05. The van der Waals surface area contributed by atoms with Crippen molar-refractivity contribution in [2.24, 2.45) is 0 Å². The van der Waals surface area contributed by atoms with E-state index in [9.17, 15) is 4.79 Å². The fourth-order valence-electron chi connectivity index (χ4n) is 1.70. The highest BCUT2D eigenvalue weighted by molar-refractivity contribution is 5.70. The van der Waals surface area contributed by atoms with Gasteiger partial charge in [0.1, 0.15) is 0 Å². The molecule has 0 N–H and O–H groups in total. The van der Waals surface area contributed by atoms with Gasteiger partial charge in [0, 0.05) is 6.20 Å². The summed E-state index contributed by atoms with van der Waals surface area (Å²) in [5.74, 6) is 0. The van der Waals surface area contributed by atoms with E-state index in [0.717, 1.165) is 5.56 Å². The van der Waals surface area contributed by atoms with Crippen molar-refractivity contribution in [3.05, 3.63) is 60.3 Å². The maximum Gasteiger partial charge on any atom is 0.414 e. The Hall–Kier alpha value is -2.03. The van der Waals surface area contributed by atoms with Crippen LogP contribution >= 0.6 is 0 Å². The third kappa shape index (κ3) is 1.98. The van der Waals surface area contributed by atoms with Crippen molar-refractivity contribution < 1.29 is 9.53 Å². The van der Waals surface area contributed by atoms with Gasteiger partial charge in [0.15, 0.2) is 0 Å². The predicted octanol–water partition coefficient (Wildman–Crippen LogP) is 2.88. The predicted molar refractivity (Wildman–Crippen MR) is 61.7 cm³/mol.